The fraction of sp³-hybridized carbons (Fsp3) is 0.619. The first-order valence-corrected chi connectivity index (χ1v) is 9.51. The number of nitriles is 1. The minimum atomic E-state index is -0.282. The van der Waals surface area contributed by atoms with Crippen LogP contribution in [0.3, 0.4) is 0 Å². The van der Waals surface area contributed by atoms with Gasteiger partial charge in [0.1, 0.15) is 0 Å². The van der Waals surface area contributed by atoms with E-state index in [9.17, 15) is 4.79 Å². The van der Waals surface area contributed by atoms with Gasteiger partial charge in [0.15, 0.2) is 5.54 Å². The topological polar surface area (TPSA) is 52.9 Å². The molecule has 0 heterocycles. The summed E-state index contributed by atoms with van der Waals surface area (Å²) in [5.41, 5.74) is 3.14. The summed E-state index contributed by atoms with van der Waals surface area (Å²) in [6.07, 6.45) is 5.52. The van der Waals surface area contributed by atoms with Crippen LogP contribution in [0.4, 0.5) is 5.69 Å². The van der Waals surface area contributed by atoms with Crippen LogP contribution in [0.15, 0.2) is 12.1 Å². The van der Waals surface area contributed by atoms with E-state index in [2.05, 4.69) is 32.3 Å². The summed E-state index contributed by atoms with van der Waals surface area (Å²) < 4.78 is 0.827. The van der Waals surface area contributed by atoms with Gasteiger partial charge in [-0.15, -0.1) is 0 Å². The van der Waals surface area contributed by atoms with Gasteiger partial charge in [0.05, 0.1) is 31.8 Å². The molecular weight excluding hydrogens is 310 g/mol. The van der Waals surface area contributed by atoms with Crippen molar-refractivity contribution in [2.75, 3.05) is 25.5 Å². The average molecular weight is 343 g/mol. The maximum absolute atomic E-state index is 13.2. The van der Waals surface area contributed by atoms with Gasteiger partial charge in [0.25, 0.3) is 5.91 Å². The molecule has 136 valence electrons. The van der Waals surface area contributed by atoms with Gasteiger partial charge in [-0.25, -0.2) is 0 Å². The van der Waals surface area contributed by atoms with Crippen LogP contribution in [0.1, 0.15) is 62.6 Å². The number of unbranched alkanes of at least 4 members (excludes halogenated alkanes) is 2. The first-order chi connectivity index (χ1) is 11.8. The zero-order valence-electron chi connectivity index (χ0n) is 16.4. The van der Waals surface area contributed by atoms with Crippen LogP contribution in [-0.2, 0) is 4.79 Å². The maximum Gasteiger partial charge on any atom is 0.285 e. The summed E-state index contributed by atoms with van der Waals surface area (Å²) in [7, 11) is 2.24. The molecule has 0 radical (unpaired) electrons. The van der Waals surface area contributed by atoms with E-state index in [0.717, 1.165) is 47.2 Å². The summed E-state index contributed by atoms with van der Waals surface area (Å²) in [5.74, 6) is 0.143. The molecule has 0 bridgehead atoms. The standard InChI is InChI=1S/C21H31N3O/c1-6-8-9-12-24(5,7-2)21(10-11-21)20(25)23-19-16(3)13-18(15-22)14-17(19)4/h13-14H,6-12H2,1-5H3/p+1. The molecule has 1 N–H and O–H groups in total. The maximum atomic E-state index is 13.2. The third kappa shape index (κ3) is 3.72. The molecule has 0 aromatic heterocycles. The predicted octanol–water partition coefficient (Wildman–Crippen LogP) is 4.30. The highest BCUT2D eigenvalue weighted by Gasteiger charge is 2.63. The van der Waals surface area contributed by atoms with Crippen molar-refractivity contribution in [3.63, 3.8) is 0 Å². The highest BCUT2D eigenvalue weighted by Crippen LogP contribution is 2.47. The van der Waals surface area contributed by atoms with E-state index in [1.54, 1.807) is 0 Å². The lowest BCUT2D eigenvalue weighted by Crippen LogP contribution is -2.60. The summed E-state index contributed by atoms with van der Waals surface area (Å²) in [4.78, 5) is 13.2. The Morgan fingerprint density at radius 1 is 1.24 bits per heavy atom. The van der Waals surface area contributed by atoms with Crippen LogP contribution < -0.4 is 5.32 Å². The monoisotopic (exact) mass is 342 g/mol. The zero-order chi connectivity index (χ0) is 18.7. The van der Waals surface area contributed by atoms with Gasteiger partial charge < -0.3 is 9.80 Å². The average Bonchev–Trinajstić information content (AvgIpc) is 3.40. The van der Waals surface area contributed by atoms with Crippen molar-refractivity contribution in [1.29, 1.82) is 5.26 Å². The van der Waals surface area contributed by atoms with Gasteiger partial charge in [0.2, 0.25) is 0 Å². The van der Waals surface area contributed by atoms with Gasteiger partial charge in [-0.3, -0.25) is 4.79 Å². The van der Waals surface area contributed by atoms with E-state index in [-0.39, 0.29) is 11.4 Å². The van der Waals surface area contributed by atoms with E-state index in [0.29, 0.717) is 5.56 Å². The number of nitrogens with one attached hydrogen (secondary N) is 1. The Morgan fingerprint density at radius 3 is 2.28 bits per heavy atom. The second-order valence-corrected chi connectivity index (χ2v) is 7.73. The molecule has 1 saturated carbocycles. The number of rotatable bonds is 8. The fourth-order valence-corrected chi connectivity index (χ4v) is 3.97. The van der Waals surface area contributed by atoms with Crippen molar-refractivity contribution in [3.05, 3.63) is 28.8 Å². The molecule has 1 aromatic carbocycles. The number of hydrogen-bond donors (Lipinski definition) is 1. The van der Waals surface area contributed by atoms with Crippen molar-refractivity contribution < 1.29 is 9.28 Å². The Labute approximate surface area is 152 Å². The van der Waals surface area contributed by atoms with Crippen LogP contribution in [0.5, 0.6) is 0 Å². The van der Waals surface area contributed by atoms with Crippen molar-refractivity contribution in [1.82, 2.24) is 0 Å². The molecule has 1 aliphatic carbocycles. The SMILES string of the molecule is CCCCC[N+](C)(CC)C1(C(=O)Nc2c(C)cc(C#N)cc2C)CC1. The Hall–Kier alpha value is -1.86. The molecule has 0 spiro atoms. The number of benzene rings is 1. The third-order valence-corrected chi connectivity index (χ3v) is 6.03. The van der Waals surface area contributed by atoms with Crippen LogP contribution in [0.25, 0.3) is 0 Å². The third-order valence-electron chi connectivity index (χ3n) is 6.03. The number of aryl methyl sites for hydroxylation is 2. The van der Waals surface area contributed by atoms with Crippen molar-refractivity contribution >= 4 is 11.6 Å². The Balaban J connectivity index is 2.21. The molecule has 4 nitrogen and oxygen atoms in total. The number of anilines is 1. The molecule has 2 rings (SSSR count). The smallest absolute Gasteiger partial charge is 0.285 e. The van der Waals surface area contributed by atoms with E-state index in [4.69, 9.17) is 5.26 Å². The highest BCUT2D eigenvalue weighted by atomic mass is 16.2. The molecule has 1 fully saturated rings. The van der Waals surface area contributed by atoms with Crippen molar-refractivity contribution in [2.45, 2.75) is 65.3 Å². The quantitative estimate of drug-likeness (QED) is 0.565. The molecule has 1 amide bonds. The summed E-state index contributed by atoms with van der Waals surface area (Å²) in [6.45, 7) is 10.4. The number of carbonyl (C=O) groups is 1. The van der Waals surface area contributed by atoms with Crippen LogP contribution in [0.2, 0.25) is 0 Å². The van der Waals surface area contributed by atoms with Crippen LogP contribution in [-0.4, -0.2) is 36.1 Å². The summed E-state index contributed by atoms with van der Waals surface area (Å²) >= 11 is 0. The first kappa shape index (κ1) is 19.5. The number of quaternary nitrogens is 1. The lowest BCUT2D eigenvalue weighted by Gasteiger charge is -2.41. The lowest BCUT2D eigenvalue weighted by atomic mass is 10.0. The van der Waals surface area contributed by atoms with Crippen molar-refractivity contribution in [2.24, 2.45) is 0 Å². The molecule has 25 heavy (non-hydrogen) atoms. The minimum absolute atomic E-state index is 0.143. The molecule has 1 atom stereocenters. The number of nitrogens with zero attached hydrogens (tertiary/aromatic N) is 2. The molecule has 1 unspecified atom stereocenters. The normalized spacial score (nSPS) is 17.4. The molecule has 0 saturated heterocycles. The van der Waals surface area contributed by atoms with E-state index in [1.165, 1.54) is 19.3 Å². The van der Waals surface area contributed by atoms with Gasteiger partial charge in [-0.05, 0) is 56.9 Å². The minimum Gasteiger partial charge on any atom is -0.320 e. The van der Waals surface area contributed by atoms with Gasteiger partial charge >= 0.3 is 0 Å². The second-order valence-electron chi connectivity index (χ2n) is 7.73. The molecule has 4 heteroatoms. The lowest BCUT2D eigenvalue weighted by molar-refractivity contribution is -0.933. The molecule has 1 aromatic rings. The molecule has 1 aliphatic rings. The Morgan fingerprint density at radius 2 is 1.84 bits per heavy atom. The van der Waals surface area contributed by atoms with E-state index in [1.807, 2.05) is 26.0 Å². The van der Waals surface area contributed by atoms with Crippen LogP contribution in [0, 0.1) is 25.2 Å². The number of likely N-dealkylation sites (N-methyl/N-ethyl adjacent to an activating group) is 1. The van der Waals surface area contributed by atoms with Crippen LogP contribution >= 0.6 is 0 Å². The first-order valence-electron chi connectivity index (χ1n) is 9.51. The van der Waals surface area contributed by atoms with Gasteiger partial charge in [0, 0.05) is 18.5 Å². The Bertz CT molecular complexity index is 662. The molecule has 0 aliphatic heterocycles. The number of hydrogen-bond acceptors (Lipinski definition) is 2. The van der Waals surface area contributed by atoms with E-state index < -0.39 is 0 Å². The Kier molecular flexibility index (Phi) is 5.90. The highest BCUT2D eigenvalue weighted by molar-refractivity contribution is 6.00. The largest absolute Gasteiger partial charge is 0.320 e. The number of amides is 1. The second kappa shape index (κ2) is 7.58. The molecular formula is C21H32N3O+. The summed E-state index contributed by atoms with van der Waals surface area (Å²) in [5, 5.41) is 12.3. The fourth-order valence-electron chi connectivity index (χ4n) is 3.97. The van der Waals surface area contributed by atoms with E-state index >= 15 is 0 Å². The summed E-state index contributed by atoms with van der Waals surface area (Å²) in [6, 6.07) is 5.87. The van der Waals surface area contributed by atoms with Gasteiger partial charge in [-0.1, -0.05) is 13.3 Å². The van der Waals surface area contributed by atoms with Crippen molar-refractivity contribution in [3.8, 4) is 6.07 Å². The van der Waals surface area contributed by atoms with Gasteiger partial charge in [-0.2, -0.15) is 5.26 Å². The predicted molar refractivity (Wildman–Crippen MR) is 102 cm³/mol. The zero-order valence-corrected chi connectivity index (χ0v) is 16.4. The number of carbonyl (C=O) groups excluding carboxylic acids is 1.